The molecule has 2 aliphatic rings. The third-order valence-corrected chi connectivity index (χ3v) is 17.6. The number of benzene rings is 13. The molecule has 8 heteroatoms. The summed E-state index contributed by atoms with van der Waals surface area (Å²) in [5.41, 5.74) is 15.2. The van der Waals surface area contributed by atoms with Gasteiger partial charge in [0.15, 0.2) is 6.67 Å². The average molecular weight is 1180 g/mol. The lowest BCUT2D eigenvalue weighted by Crippen LogP contribution is -2.60. The van der Waals surface area contributed by atoms with E-state index in [4.69, 9.17) is 28.4 Å². The van der Waals surface area contributed by atoms with E-state index in [2.05, 4.69) is 261 Å². The number of rotatable bonds is 20. The first-order valence-corrected chi connectivity index (χ1v) is 31.1. The first-order chi connectivity index (χ1) is 44.2. The van der Waals surface area contributed by atoms with E-state index in [9.17, 15) is 0 Å². The molecule has 2 bridgehead atoms. The zero-order chi connectivity index (χ0) is 60.4. The van der Waals surface area contributed by atoms with E-state index in [0.717, 1.165) is 63.2 Å². The Kier molecular flexibility index (Phi) is 15.3. The zero-order valence-corrected chi connectivity index (χ0v) is 50.7. The highest BCUT2D eigenvalue weighted by molar-refractivity contribution is 5.85. The summed E-state index contributed by atoms with van der Waals surface area (Å²) in [5, 5.41) is 9.48. The van der Waals surface area contributed by atoms with Crippen LogP contribution in [-0.2, 0) is 59.3 Å². The third-order valence-electron chi connectivity index (χ3n) is 17.6. The molecule has 0 aliphatic carbocycles. The molecule has 2 aliphatic heterocycles. The van der Waals surface area contributed by atoms with Crippen LogP contribution in [0.2, 0.25) is 0 Å². The molecule has 442 valence electrons. The fourth-order valence-electron chi connectivity index (χ4n) is 13.2. The number of nitrogens with zero attached hydrogens (tertiary/aromatic N) is 2. The second kappa shape index (κ2) is 24.6. The van der Waals surface area contributed by atoms with Crippen molar-refractivity contribution >= 4 is 54.5 Å². The third kappa shape index (κ3) is 12.5. The number of quaternary nitrogens is 1. The number of ether oxygens (including phenoxy) is 6. The quantitative estimate of drug-likeness (QED) is 0.0705. The highest BCUT2D eigenvalue weighted by Gasteiger charge is 2.44. The van der Waals surface area contributed by atoms with Crippen molar-refractivity contribution in [1.29, 1.82) is 0 Å². The Morgan fingerprint density at radius 1 is 0.300 bits per heavy atom. The molecule has 0 fully saturated rings. The summed E-state index contributed by atoms with van der Waals surface area (Å²) in [6.45, 7) is 9.73. The molecule has 0 saturated carbocycles. The number of anilines is 1. The summed E-state index contributed by atoms with van der Waals surface area (Å²) in [6, 6.07) is 92.1. The SMILES string of the molecule is Cc1ccc2c(c1)C[N+]1(Cc3cc(OCc4cc(OCc5ccc6ccccc6c5)cc(OCc5ccc6ccccc6c5)c4)cc(OCc4cc(OCc5ccc6ccccc6c5)cc(OCc5ccc6ccccc6c5)c4)c3)CN2Cc2cc(C)ccc21. The second-order valence-corrected chi connectivity index (χ2v) is 24.5. The summed E-state index contributed by atoms with van der Waals surface area (Å²) >= 11 is 0. The molecule has 8 nitrogen and oxygen atoms in total. The molecular formula is C82H69N2O6+. The maximum atomic E-state index is 7.00. The number of aryl methyl sites for hydroxylation is 2. The fourth-order valence-corrected chi connectivity index (χ4v) is 13.2. The topological polar surface area (TPSA) is 58.6 Å². The maximum Gasteiger partial charge on any atom is 0.160 e. The molecule has 0 amide bonds. The lowest BCUT2D eigenvalue weighted by Gasteiger charge is -2.51. The monoisotopic (exact) mass is 1180 g/mol. The van der Waals surface area contributed by atoms with Gasteiger partial charge in [-0.05, 0) is 175 Å². The van der Waals surface area contributed by atoms with Gasteiger partial charge in [-0.15, -0.1) is 0 Å². The summed E-state index contributed by atoms with van der Waals surface area (Å²) in [6.07, 6.45) is 0. The summed E-state index contributed by atoms with van der Waals surface area (Å²) in [5.74, 6) is 4.17. The first kappa shape index (κ1) is 56.0. The molecule has 0 radical (unpaired) electrons. The maximum absolute atomic E-state index is 7.00. The van der Waals surface area contributed by atoms with Gasteiger partial charge in [0.25, 0.3) is 0 Å². The molecule has 1 atom stereocenters. The van der Waals surface area contributed by atoms with Gasteiger partial charge in [-0.2, -0.15) is 0 Å². The fraction of sp³-hybridized carbons (Fsp3) is 0.146. The molecule has 90 heavy (non-hydrogen) atoms. The predicted octanol–water partition coefficient (Wildman–Crippen LogP) is 19.4. The van der Waals surface area contributed by atoms with Crippen molar-refractivity contribution in [3.63, 3.8) is 0 Å². The van der Waals surface area contributed by atoms with E-state index in [1.165, 1.54) is 76.7 Å². The molecule has 0 saturated heterocycles. The Hall–Kier alpha value is -10.5. The van der Waals surface area contributed by atoms with Gasteiger partial charge >= 0.3 is 0 Å². The van der Waals surface area contributed by atoms with E-state index in [-0.39, 0.29) is 13.2 Å². The van der Waals surface area contributed by atoms with E-state index >= 15 is 0 Å². The molecule has 1 unspecified atom stereocenters. The van der Waals surface area contributed by atoms with Crippen molar-refractivity contribution in [1.82, 2.24) is 4.48 Å². The summed E-state index contributed by atoms with van der Waals surface area (Å²) in [4.78, 5) is 2.57. The van der Waals surface area contributed by atoms with Gasteiger partial charge in [0, 0.05) is 34.9 Å². The molecule has 0 aromatic heterocycles. The smallest absolute Gasteiger partial charge is 0.160 e. The molecular weight excluding hydrogens is 1110 g/mol. The van der Waals surface area contributed by atoms with E-state index in [1.807, 2.05) is 18.2 Å². The molecule has 13 aromatic carbocycles. The lowest BCUT2D eigenvalue weighted by atomic mass is 9.95. The number of fused-ring (bicyclic) bond motifs is 10. The largest absolute Gasteiger partial charge is 0.489 e. The van der Waals surface area contributed by atoms with Crippen LogP contribution in [0.3, 0.4) is 0 Å². The van der Waals surface area contributed by atoms with E-state index in [1.54, 1.807) is 0 Å². The Morgan fingerprint density at radius 3 is 1.02 bits per heavy atom. The minimum atomic E-state index is 0.249. The summed E-state index contributed by atoms with van der Waals surface area (Å²) in [7, 11) is 0. The zero-order valence-electron chi connectivity index (χ0n) is 50.7. The molecule has 13 aromatic rings. The Labute approximate surface area is 525 Å². The van der Waals surface area contributed by atoms with Gasteiger partial charge in [0.1, 0.15) is 92.9 Å². The summed E-state index contributed by atoms with van der Waals surface area (Å²) < 4.78 is 41.2. The van der Waals surface area contributed by atoms with Crippen LogP contribution >= 0.6 is 0 Å². The lowest BCUT2D eigenvalue weighted by molar-refractivity contribution is 0.226. The van der Waals surface area contributed by atoms with Crippen LogP contribution in [0.5, 0.6) is 34.5 Å². The standard InChI is InChI=1S/C82H69N2O6/c1-56-19-29-81-74(32-56)48-84(55-83(81)46-73-31-57(2)20-30-82(73)84)47-62-37-75(89-53-63-39-77(85-49-58-21-25-65-11-3-7-15-69(65)33-58)44-78(40-63)86-50-59-22-26-66-12-4-8-16-70(66)34-59)43-76(38-62)90-54-64-41-79(87-51-60-23-27-67-13-5-9-17-71(67)35-60)45-80(42-64)88-52-61-24-28-68-14-6-10-18-72(68)36-61/h3-45H,46-55H2,1-2H3/q+1. The molecule has 15 rings (SSSR count). The Balaban J connectivity index is 0.753. The van der Waals surface area contributed by atoms with Gasteiger partial charge in [-0.3, -0.25) is 4.48 Å². The van der Waals surface area contributed by atoms with Crippen LogP contribution < -0.4 is 37.8 Å². The van der Waals surface area contributed by atoms with Crippen molar-refractivity contribution in [2.75, 3.05) is 11.6 Å². The number of hydrogen-bond donors (Lipinski definition) is 0. The van der Waals surface area contributed by atoms with Crippen LogP contribution in [-0.4, -0.2) is 6.67 Å². The normalized spacial score (nSPS) is 14.1. The average Bonchev–Trinajstić information content (AvgIpc) is 0.751. The van der Waals surface area contributed by atoms with Crippen LogP contribution in [0.1, 0.15) is 61.2 Å². The highest BCUT2D eigenvalue weighted by Crippen LogP contribution is 2.46. The van der Waals surface area contributed by atoms with Gasteiger partial charge in [0.2, 0.25) is 0 Å². The van der Waals surface area contributed by atoms with Crippen LogP contribution in [0.25, 0.3) is 43.1 Å². The van der Waals surface area contributed by atoms with Crippen molar-refractivity contribution < 1.29 is 28.4 Å². The van der Waals surface area contributed by atoms with Gasteiger partial charge < -0.3 is 33.3 Å². The second-order valence-electron chi connectivity index (χ2n) is 24.5. The van der Waals surface area contributed by atoms with Crippen molar-refractivity contribution in [3.05, 3.63) is 322 Å². The predicted molar refractivity (Wildman–Crippen MR) is 364 cm³/mol. The van der Waals surface area contributed by atoms with Gasteiger partial charge in [0.05, 0.1) is 12.2 Å². The van der Waals surface area contributed by atoms with Crippen molar-refractivity contribution in [2.24, 2.45) is 0 Å². The Morgan fingerprint density at radius 2 is 0.633 bits per heavy atom. The minimum absolute atomic E-state index is 0.249. The minimum Gasteiger partial charge on any atom is -0.489 e. The van der Waals surface area contributed by atoms with Gasteiger partial charge in [-0.25, -0.2) is 0 Å². The van der Waals surface area contributed by atoms with Crippen molar-refractivity contribution in [2.45, 2.75) is 73.1 Å². The molecule has 2 heterocycles. The van der Waals surface area contributed by atoms with Crippen LogP contribution in [0, 0.1) is 13.8 Å². The Bertz CT molecular complexity index is 4390. The highest BCUT2D eigenvalue weighted by atomic mass is 16.5. The van der Waals surface area contributed by atoms with Crippen LogP contribution in [0.4, 0.5) is 11.4 Å². The first-order valence-electron chi connectivity index (χ1n) is 31.1. The van der Waals surface area contributed by atoms with Crippen LogP contribution in [0.15, 0.2) is 261 Å². The van der Waals surface area contributed by atoms with Crippen molar-refractivity contribution in [3.8, 4) is 34.5 Å². The van der Waals surface area contributed by atoms with E-state index < -0.39 is 0 Å². The molecule has 0 N–H and O–H groups in total. The number of hydrogen-bond acceptors (Lipinski definition) is 7. The van der Waals surface area contributed by atoms with E-state index in [0.29, 0.717) is 67.5 Å². The molecule has 0 spiro atoms. The van der Waals surface area contributed by atoms with Gasteiger partial charge in [-0.1, -0.05) is 169 Å².